The molecule has 0 radical (unpaired) electrons. The van der Waals surface area contributed by atoms with E-state index >= 15 is 0 Å². The Morgan fingerprint density at radius 2 is 2.30 bits per heavy atom. The van der Waals surface area contributed by atoms with Crippen LogP contribution < -0.4 is 15.8 Å². The van der Waals surface area contributed by atoms with Crippen LogP contribution in [-0.2, 0) is 6.61 Å². The Morgan fingerprint density at radius 1 is 1.44 bits per heavy atom. The van der Waals surface area contributed by atoms with Crippen LogP contribution in [0.3, 0.4) is 0 Å². The Bertz CT molecular complexity index is 908. The number of rotatable bonds is 8. The predicted octanol–water partition coefficient (Wildman–Crippen LogP) is 1.85. The number of aromatic nitrogens is 3. The summed E-state index contributed by atoms with van der Waals surface area (Å²) in [6.07, 6.45) is 2.20. The molecule has 0 fully saturated rings. The molecule has 0 spiro atoms. The number of carbonyl (C=O) groups excluding carboxylic acids is 1. The van der Waals surface area contributed by atoms with Crippen LogP contribution >= 0.6 is 11.3 Å². The minimum atomic E-state index is -0.305. The largest absolute Gasteiger partial charge is 0.481 e. The van der Waals surface area contributed by atoms with Crippen LogP contribution in [0.4, 0.5) is 0 Å². The molecule has 3 aromatic rings. The van der Waals surface area contributed by atoms with Crippen LogP contribution in [0.2, 0.25) is 0 Å². The van der Waals surface area contributed by atoms with Gasteiger partial charge in [0.15, 0.2) is 0 Å². The molecule has 5 N–H and O–H groups in total. The number of ether oxygens (including phenoxy) is 1. The smallest absolute Gasteiger partial charge is 0.268 e. The van der Waals surface area contributed by atoms with Crippen LogP contribution in [0.1, 0.15) is 33.7 Å². The summed E-state index contributed by atoms with van der Waals surface area (Å²) < 4.78 is 5.13. The molecule has 0 saturated carbocycles. The lowest BCUT2D eigenvalue weighted by atomic mass is 10.2. The zero-order valence-electron chi connectivity index (χ0n) is 14.8. The Balaban J connectivity index is 1.75. The fraction of sp³-hybridized carbons (Fsp3) is 0.278. The van der Waals surface area contributed by atoms with E-state index in [2.05, 4.69) is 20.3 Å². The first-order valence-electron chi connectivity index (χ1n) is 8.40. The van der Waals surface area contributed by atoms with Crippen LogP contribution in [0, 0.1) is 0 Å². The number of aliphatic hydroxyl groups is 1. The molecule has 9 heteroatoms. The third-order valence-electron chi connectivity index (χ3n) is 3.98. The first kappa shape index (κ1) is 19.0. The maximum Gasteiger partial charge on any atom is 0.268 e. The molecule has 3 heterocycles. The summed E-state index contributed by atoms with van der Waals surface area (Å²) in [5, 5.41) is 14.6. The SMILES string of the molecule is COc1cc(-c2ccc(C(=O)NC(CCN)c3nc(CO)cs3)[nH]2)ccn1. The number of nitrogens with zero attached hydrogens (tertiary/aromatic N) is 2. The number of aromatic amines is 1. The number of nitrogens with two attached hydrogens (primary N) is 1. The zero-order valence-corrected chi connectivity index (χ0v) is 15.6. The maximum atomic E-state index is 12.7. The third-order valence-corrected chi connectivity index (χ3v) is 4.98. The van der Waals surface area contributed by atoms with E-state index in [4.69, 9.17) is 10.5 Å². The van der Waals surface area contributed by atoms with Crippen LogP contribution in [0.25, 0.3) is 11.3 Å². The molecule has 27 heavy (non-hydrogen) atoms. The maximum absolute atomic E-state index is 12.7. The molecule has 1 atom stereocenters. The van der Waals surface area contributed by atoms with Crippen molar-refractivity contribution in [3.8, 4) is 17.1 Å². The lowest BCUT2D eigenvalue weighted by Crippen LogP contribution is -2.30. The van der Waals surface area contributed by atoms with E-state index in [0.29, 0.717) is 30.2 Å². The molecular formula is C18H21N5O3S. The normalized spacial score (nSPS) is 12.0. The quantitative estimate of drug-likeness (QED) is 0.467. The lowest BCUT2D eigenvalue weighted by Gasteiger charge is -2.15. The number of H-pyrrole nitrogens is 1. The van der Waals surface area contributed by atoms with Crippen molar-refractivity contribution < 1.29 is 14.6 Å². The van der Waals surface area contributed by atoms with Gasteiger partial charge in [0.25, 0.3) is 5.91 Å². The van der Waals surface area contributed by atoms with Gasteiger partial charge in [-0.2, -0.15) is 0 Å². The number of carbonyl (C=O) groups is 1. The first-order chi connectivity index (χ1) is 13.1. The summed E-state index contributed by atoms with van der Waals surface area (Å²) >= 11 is 1.39. The van der Waals surface area contributed by atoms with Crippen molar-refractivity contribution in [3.63, 3.8) is 0 Å². The van der Waals surface area contributed by atoms with Crippen molar-refractivity contribution in [2.45, 2.75) is 19.1 Å². The highest BCUT2D eigenvalue weighted by Crippen LogP contribution is 2.23. The van der Waals surface area contributed by atoms with E-state index in [1.54, 1.807) is 30.8 Å². The minimum absolute atomic E-state index is 0.130. The fourth-order valence-electron chi connectivity index (χ4n) is 2.60. The summed E-state index contributed by atoms with van der Waals surface area (Å²) in [5.74, 6) is 0.251. The fourth-order valence-corrected chi connectivity index (χ4v) is 3.49. The topological polar surface area (TPSA) is 126 Å². The number of methoxy groups -OCH3 is 1. The monoisotopic (exact) mass is 387 g/mol. The van der Waals surface area contributed by atoms with Gasteiger partial charge in [0.2, 0.25) is 5.88 Å². The predicted molar refractivity (Wildman–Crippen MR) is 102 cm³/mol. The summed E-state index contributed by atoms with van der Waals surface area (Å²) in [6, 6.07) is 6.86. The van der Waals surface area contributed by atoms with Crippen LogP contribution in [0.15, 0.2) is 35.8 Å². The summed E-state index contributed by atoms with van der Waals surface area (Å²) in [6.45, 7) is 0.279. The van der Waals surface area contributed by atoms with Crippen LogP contribution in [-0.4, -0.2) is 39.6 Å². The second-order valence-electron chi connectivity index (χ2n) is 5.81. The second-order valence-corrected chi connectivity index (χ2v) is 6.70. The van der Waals surface area contributed by atoms with E-state index < -0.39 is 0 Å². The Kier molecular flexibility index (Phi) is 6.17. The number of amides is 1. The highest BCUT2D eigenvalue weighted by atomic mass is 32.1. The number of thiazole rings is 1. The van der Waals surface area contributed by atoms with Gasteiger partial charge in [-0.3, -0.25) is 4.79 Å². The van der Waals surface area contributed by atoms with Crippen molar-refractivity contribution in [2.24, 2.45) is 5.73 Å². The van der Waals surface area contributed by atoms with Gasteiger partial charge < -0.3 is 25.9 Å². The molecule has 0 aliphatic heterocycles. The molecule has 3 rings (SSSR count). The first-order valence-corrected chi connectivity index (χ1v) is 9.28. The second kappa shape index (κ2) is 8.76. The summed E-state index contributed by atoms with van der Waals surface area (Å²) in [4.78, 5) is 24.2. The Labute approximate surface area is 160 Å². The van der Waals surface area contributed by atoms with Gasteiger partial charge in [0.1, 0.15) is 10.7 Å². The number of hydrogen-bond acceptors (Lipinski definition) is 7. The molecule has 0 aromatic carbocycles. The van der Waals surface area contributed by atoms with Gasteiger partial charge >= 0.3 is 0 Å². The average molecular weight is 387 g/mol. The van der Waals surface area contributed by atoms with Crippen molar-refractivity contribution in [2.75, 3.05) is 13.7 Å². The Hall–Kier alpha value is -2.75. The molecule has 0 aliphatic rings. The van der Waals surface area contributed by atoms with E-state index in [-0.39, 0.29) is 18.6 Å². The lowest BCUT2D eigenvalue weighted by molar-refractivity contribution is 0.0930. The number of aliphatic hydroxyl groups excluding tert-OH is 1. The standard InChI is InChI=1S/C18H21N5O3S/c1-26-16-8-11(5-7-20-16)13-2-3-14(22-13)17(25)23-15(4-6-19)18-21-12(9-24)10-27-18/h2-3,5,7-8,10,15,22,24H,4,6,9,19H2,1H3,(H,23,25). The van der Waals surface area contributed by atoms with Gasteiger partial charge in [0, 0.05) is 28.9 Å². The number of hydrogen-bond donors (Lipinski definition) is 4. The van der Waals surface area contributed by atoms with Crippen molar-refractivity contribution in [1.82, 2.24) is 20.3 Å². The van der Waals surface area contributed by atoms with Gasteiger partial charge in [-0.05, 0) is 31.2 Å². The molecule has 0 saturated heterocycles. The molecule has 3 aromatic heterocycles. The molecule has 142 valence electrons. The van der Waals surface area contributed by atoms with Crippen molar-refractivity contribution in [1.29, 1.82) is 0 Å². The number of pyridine rings is 1. The van der Waals surface area contributed by atoms with Crippen molar-refractivity contribution in [3.05, 3.63) is 52.2 Å². The minimum Gasteiger partial charge on any atom is -0.481 e. The highest BCUT2D eigenvalue weighted by molar-refractivity contribution is 7.09. The summed E-state index contributed by atoms with van der Waals surface area (Å²) in [7, 11) is 1.55. The third kappa shape index (κ3) is 4.51. The molecular weight excluding hydrogens is 366 g/mol. The summed E-state index contributed by atoms with van der Waals surface area (Å²) in [5.41, 5.74) is 8.35. The molecule has 1 unspecified atom stereocenters. The molecule has 8 nitrogen and oxygen atoms in total. The van der Waals surface area contributed by atoms with Gasteiger partial charge in [-0.15, -0.1) is 11.3 Å². The van der Waals surface area contributed by atoms with E-state index in [1.165, 1.54) is 11.3 Å². The highest BCUT2D eigenvalue weighted by Gasteiger charge is 2.19. The van der Waals surface area contributed by atoms with Crippen LogP contribution in [0.5, 0.6) is 5.88 Å². The van der Waals surface area contributed by atoms with E-state index in [0.717, 1.165) is 16.3 Å². The van der Waals surface area contributed by atoms with Crippen molar-refractivity contribution >= 4 is 17.2 Å². The van der Waals surface area contributed by atoms with Gasteiger partial charge in [-0.1, -0.05) is 0 Å². The van der Waals surface area contributed by atoms with E-state index in [9.17, 15) is 9.90 Å². The van der Waals surface area contributed by atoms with Gasteiger partial charge in [0.05, 0.1) is 25.5 Å². The Morgan fingerprint density at radius 3 is 3.00 bits per heavy atom. The average Bonchev–Trinajstić information content (AvgIpc) is 3.37. The number of nitrogens with one attached hydrogen (secondary N) is 2. The van der Waals surface area contributed by atoms with Gasteiger partial charge in [-0.25, -0.2) is 9.97 Å². The van der Waals surface area contributed by atoms with E-state index in [1.807, 2.05) is 12.1 Å². The molecule has 1 amide bonds. The molecule has 0 bridgehead atoms. The molecule has 0 aliphatic carbocycles. The zero-order chi connectivity index (χ0) is 19.2.